The van der Waals surface area contributed by atoms with Crippen LogP contribution in [0.4, 0.5) is 5.69 Å². The Morgan fingerprint density at radius 2 is 1.69 bits per heavy atom. The Bertz CT molecular complexity index is 940. The van der Waals surface area contributed by atoms with Gasteiger partial charge in [-0.3, -0.25) is 9.59 Å². The second kappa shape index (κ2) is 7.04. The molecule has 1 heterocycles. The van der Waals surface area contributed by atoms with Gasteiger partial charge in [0, 0.05) is 12.6 Å². The molecule has 1 aliphatic rings. The number of anilines is 1. The summed E-state index contributed by atoms with van der Waals surface area (Å²) < 4.78 is 36.7. The molecule has 2 N–H and O–H groups in total. The van der Waals surface area contributed by atoms with Crippen LogP contribution in [0.3, 0.4) is 0 Å². The lowest BCUT2D eigenvalue weighted by Crippen LogP contribution is -2.40. The molecule has 1 unspecified atom stereocenters. The molecule has 0 aliphatic carbocycles. The van der Waals surface area contributed by atoms with Crippen LogP contribution in [-0.2, 0) is 19.6 Å². The van der Waals surface area contributed by atoms with Crippen LogP contribution in [0.1, 0.15) is 6.92 Å². The van der Waals surface area contributed by atoms with E-state index in [-0.39, 0.29) is 11.5 Å². The zero-order chi connectivity index (χ0) is 18.7. The zero-order valence-electron chi connectivity index (χ0n) is 13.8. The van der Waals surface area contributed by atoms with Crippen molar-refractivity contribution in [1.82, 2.24) is 4.72 Å². The molecule has 0 aromatic heterocycles. The van der Waals surface area contributed by atoms with Crippen LogP contribution >= 0.6 is 0 Å². The number of hydrogen-bond donors (Lipinski definition) is 2. The summed E-state index contributed by atoms with van der Waals surface area (Å²) in [6, 6.07) is 12.4. The fraction of sp³-hybridized carbons (Fsp3) is 0.176. The van der Waals surface area contributed by atoms with Gasteiger partial charge in [0.1, 0.15) is 6.61 Å². The molecule has 136 valence electrons. The summed E-state index contributed by atoms with van der Waals surface area (Å²) in [4.78, 5) is 23.2. The van der Waals surface area contributed by atoms with E-state index in [0.717, 1.165) is 6.92 Å². The molecule has 1 aliphatic heterocycles. The maximum atomic E-state index is 12.3. The van der Waals surface area contributed by atoms with Gasteiger partial charge >= 0.3 is 0 Å². The van der Waals surface area contributed by atoms with Gasteiger partial charge in [-0.05, 0) is 36.4 Å². The molecule has 1 atom stereocenters. The number of sulfonamides is 1. The van der Waals surface area contributed by atoms with Crippen molar-refractivity contribution >= 4 is 27.5 Å². The number of ether oxygens (including phenoxy) is 2. The molecule has 0 bridgehead atoms. The molecule has 2 aromatic carbocycles. The highest BCUT2D eigenvalue weighted by molar-refractivity contribution is 7.90. The van der Waals surface area contributed by atoms with Gasteiger partial charge in [-0.15, -0.1) is 0 Å². The van der Waals surface area contributed by atoms with E-state index in [2.05, 4.69) is 5.32 Å². The average molecular weight is 376 g/mol. The Morgan fingerprint density at radius 3 is 2.35 bits per heavy atom. The van der Waals surface area contributed by atoms with Crippen LogP contribution in [0.25, 0.3) is 0 Å². The summed E-state index contributed by atoms with van der Waals surface area (Å²) in [6.45, 7) is 1.17. The number of hydrogen-bond acceptors (Lipinski definition) is 6. The highest BCUT2D eigenvalue weighted by Gasteiger charge is 2.27. The fourth-order valence-electron chi connectivity index (χ4n) is 2.34. The van der Waals surface area contributed by atoms with Crippen molar-refractivity contribution < 1.29 is 27.5 Å². The van der Waals surface area contributed by atoms with Crippen LogP contribution < -0.4 is 19.5 Å². The first-order valence-corrected chi connectivity index (χ1v) is 9.16. The van der Waals surface area contributed by atoms with Crippen LogP contribution in [0.5, 0.6) is 11.5 Å². The summed E-state index contributed by atoms with van der Waals surface area (Å²) >= 11 is 0. The first-order chi connectivity index (χ1) is 12.3. The highest BCUT2D eigenvalue weighted by atomic mass is 32.2. The maximum Gasteiger partial charge on any atom is 0.269 e. The number of benzene rings is 2. The SMILES string of the molecule is CC(=O)NS(=O)(=O)c1ccc(NC(=O)C2COc3ccccc3O2)cc1. The zero-order valence-corrected chi connectivity index (χ0v) is 14.6. The van der Waals surface area contributed by atoms with Gasteiger partial charge in [0.25, 0.3) is 15.9 Å². The van der Waals surface area contributed by atoms with Crippen LogP contribution in [0, 0.1) is 0 Å². The Kier molecular flexibility index (Phi) is 4.81. The lowest BCUT2D eigenvalue weighted by atomic mass is 10.2. The van der Waals surface area contributed by atoms with Crippen LogP contribution in [-0.4, -0.2) is 32.9 Å². The summed E-state index contributed by atoms with van der Waals surface area (Å²) in [6.07, 6.45) is -0.826. The Hall–Kier alpha value is -3.07. The monoisotopic (exact) mass is 376 g/mol. The Balaban J connectivity index is 1.66. The van der Waals surface area contributed by atoms with E-state index in [4.69, 9.17) is 9.47 Å². The standard InChI is InChI=1S/C17H16N2O6S/c1-11(20)19-26(22,23)13-8-6-12(7-9-13)18-17(21)16-10-24-14-4-2-3-5-15(14)25-16/h2-9,16H,10H2,1H3,(H,18,21)(H,19,20). The van der Waals surface area contributed by atoms with Gasteiger partial charge in [0.2, 0.25) is 12.0 Å². The molecule has 3 rings (SSSR count). The minimum Gasteiger partial charge on any atom is -0.485 e. The van der Waals surface area contributed by atoms with Crippen LogP contribution in [0.15, 0.2) is 53.4 Å². The number of nitrogens with one attached hydrogen (secondary N) is 2. The number of carbonyl (C=O) groups excluding carboxylic acids is 2. The van der Waals surface area contributed by atoms with E-state index < -0.39 is 27.9 Å². The first kappa shape index (κ1) is 17.7. The highest BCUT2D eigenvalue weighted by Crippen LogP contribution is 2.31. The molecule has 2 aromatic rings. The number of para-hydroxylation sites is 2. The largest absolute Gasteiger partial charge is 0.485 e. The number of carbonyl (C=O) groups is 2. The molecule has 0 fully saturated rings. The summed E-state index contributed by atoms with van der Waals surface area (Å²) in [7, 11) is -3.92. The van der Waals surface area contributed by atoms with Gasteiger partial charge in [0.05, 0.1) is 4.90 Å². The van der Waals surface area contributed by atoms with E-state index in [0.29, 0.717) is 17.2 Å². The lowest BCUT2D eigenvalue weighted by molar-refractivity contribution is -0.125. The van der Waals surface area contributed by atoms with Crippen molar-refractivity contribution in [3.63, 3.8) is 0 Å². The normalized spacial score (nSPS) is 15.8. The van der Waals surface area contributed by atoms with Gasteiger partial charge in [-0.1, -0.05) is 12.1 Å². The third-order valence-corrected chi connectivity index (χ3v) is 4.96. The maximum absolute atomic E-state index is 12.3. The Morgan fingerprint density at radius 1 is 1.04 bits per heavy atom. The van der Waals surface area contributed by atoms with Gasteiger partial charge in [-0.25, -0.2) is 13.1 Å². The fourth-order valence-corrected chi connectivity index (χ4v) is 3.33. The minimum absolute atomic E-state index is 0.0673. The molecule has 0 radical (unpaired) electrons. The molecular weight excluding hydrogens is 360 g/mol. The third-order valence-electron chi connectivity index (χ3n) is 3.51. The minimum atomic E-state index is -3.92. The van der Waals surface area contributed by atoms with Crippen molar-refractivity contribution in [2.45, 2.75) is 17.9 Å². The summed E-state index contributed by atoms with van der Waals surface area (Å²) in [5.41, 5.74) is 0.388. The molecule has 0 saturated heterocycles. The van der Waals surface area contributed by atoms with E-state index >= 15 is 0 Å². The number of rotatable bonds is 4. The Labute approximate surface area is 150 Å². The second-order valence-corrected chi connectivity index (χ2v) is 7.22. The third kappa shape index (κ3) is 3.94. The molecule has 0 saturated carbocycles. The average Bonchev–Trinajstić information content (AvgIpc) is 2.60. The number of fused-ring (bicyclic) bond motifs is 1. The van der Waals surface area contributed by atoms with Crippen molar-refractivity contribution in [1.29, 1.82) is 0 Å². The van der Waals surface area contributed by atoms with Gasteiger partial charge < -0.3 is 14.8 Å². The van der Waals surface area contributed by atoms with Crippen molar-refractivity contribution in [3.05, 3.63) is 48.5 Å². The molecule has 0 spiro atoms. The number of amides is 2. The molecule has 2 amide bonds. The van der Waals surface area contributed by atoms with Gasteiger partial charge in [-0.2, -0.15) is 0 Å². The van der Waals surface area contributed by atoms with Gasteiger partial charge in [0.15, 0.2) is 11.5 Å². The van der Waals surface area contributed by atoms with Crippen molar-refractivity contribution in [2.75, 3.05) is 11.9 Å². The molecular formula is C17H16N2O6S. The first-order valence-electron chi connectivity index (χ1n) is 7.68. The molecule has 26 heavy (non-hydrogen) atoms. The second-order valence-electron chi connectivity index (χ2n) is 5.54. The smallest absolute Gasteiger partial charge is 0.269 e. The predicted octanol–water partition coefficient (Wildman–Crippen LogP) is 1.29. The predicted molar refractivity (Wildman–Crippen MR) is 92.4 cm³/mol. The van der Waals surface area contributed by atoms with E-state index in [1.165, 1.54) is 24.3 Å². The topological polar surface area (TPSA) is 111 Å². The quantitative estimate of drug-likeness (QED) is 0.832. The van der Waals surface area contributed by atoms with Crippen molar-refractivity contribution in [2.24, 2.45) is 0 Å². The summed E-state index contributed by atoms with van der Waals surface area (Å²) in [5.74, 6) is -0.0474. The summed E-state index contributed by atoms with van der Waals surface area (Å²) in [5, 5.41) is 2.64. The van der Waals surface area contributed by atoms with E-state index in [9.17, 15) is 18.0 Å². The van der Waals surface area contributed by atoms with Crippen LogP contribution in [0.2, 0.25) is 0 Å². The van der Waals surface area contributed by atoms with Crippen molar-refractivity contribution in [3.8, 4) is 11.5 Å². The molecule has 9 heteroatoms. The van der Waals surface area contributed by atoms with E-state index in [1.807, 2.05) is 4.72 Å². The molecule has 8 nitrogen and oxygen atoms in total. The van der Waals surface area contributed by atoms with E-state index in [1.54, 1.807) is 24.3 Å². The lowest BCUT2D eigenvalue weighted by Gasteiger charge is -2.25.